The van der Waals surface area contributed by atoms with E-state index in [0.717, 1.165) is 19.6 Å². The molecule has 0 spiro atoms. The van der Waals surface area contributed by atoms with Crippen LogP contribution in [0.4, 0.5) is 0 Å². The van der Waals surface area contributed by atoms with Gasteiger partial charge in [-0.2, -0.15) is 0 Å². The molecule has 0 atom stereocenters. The molecular formula is C14H22N2. The first-order valence-corrected chi connectivity index (χ1v) is 6.30. The molecule has 2 heteroatoms. The molecule has 1 fully saturated rings. The summed E-state index contributed by atoms with van der Waals surface area (Å²) in [6.45, 7) is 5.16. The number of rotatable bonds is 5. The first kappa shape index (κ1) is 11.6. The van der Waals surface area contributed by atoms with Gasteiger partial charge in [0.2, 0.25) is 0 Å². The van der Waals surface area contributed by atoms with Gasteiger partial charge in [-0.25, -0.2) is 0 Å². The Morgan fingerprint density at radius 2 is 1.94 bits per heavy atom. The van der Waals surface area contributed by atoms with E-state index < -0.39 is 0 Å². The first-order chi connectivity index (χ1) is 7.80. The lowest BCUT2D eigenvalue weighted by Crippen LogP contribution is -2.57. The molecule has 16 heavy (non-hydrogen) atoms. The fourth-order valence-electron chi connectivity index (χ4n) is 2.65. The molecule has 0 radical (unpaired) electrons. The van der Waals surface area contributed by atoms with Crippen molar-refractivity contribution in [1.82, 2.24) is 4.90 Å². The maximum Gasteiger partial charge on any atom is 0.0335 e. The van der Waals surface area contributed by atoms with Gasteiger partial charge in [0, 0.05) is 18.6 Å². The van der Waals surface area contributed by atoms with Gasteiger partial charge in [-0.3, -0.25) is 4.90 Å². The predicted octanol–water partition coefficient (Wildman–Crippen LogP) is 2.39. The van der Waals surface area contributed by atoms with E-state index in [2.05, 4.69) is 42.2 Å². The van der Waals surface area contributed by atoms with E-state index in [1.54, 1.807) is 0 Å². The van der Waals surface area contributed by atoms with Gasteiger partial charge in [0.05, 0.1) is 0 Å². The summed E-state index contributed by atoms with van der Waals surface area (Å²) in [4.78, 5) is 2.55. The first-order valence-electron chi connectivity index (χ1n) is 6.30. The maximum atomic E-state index is 5.96. The third kappa shape index (κ3) is 2.13. The highest BCUT2D eigenvalue weighted by atomic mass is 15.2. The fourth-order valence-corrected chi connectivity index (χ4v) is 2.65. The topological polar surface area (TPSA) is 29.3 Å². The van der Waals surface area contributed by atoms with Crippen molar-refractivity contribution in [3.63, 3.8) is 0 Å². The largest absolute Gasteiger partial charge is 0.329 e. The zero-order valence-electron chi connectivity index (χ0n) is 10.2. The number of nitrogens with two attached hydrogens (primary N) is 1. The minimum atomic E-state index is 0.296. The van der Waals surface area contributed by atoms with Crippen LogP contribution in [-0.4, -0.2) is 23.5 Å². The molecule has 1 aliphatic carbocycles. The highest BCUT2D eigenvalue weighted by Crippen LogP contribution is 2.37. The Labute approximate surface area is 98.4 Å². The van der Waals surface area contributed by atoms with Crippen LogP contribution in [0.25, 0.3) is 0 Å². The van der Waals surface area contributed by atoms with E-state index in [-0.39, 0.29) is 0 Å². The second-order valence-corrected chi connectivity index (χ2v) is 4.78. The van der Waals surface area contributed by atoms with E-state index in [0.29, 0.717) is 5.54 Å². The zero-order chi connectivity index (χ0) is 11.4. The summed E-state index contributed by atoms with van der Waals surface area (Å²) in [5.41, 5.74) is 7.65. The van der Waals surface area contributed by atoms with Crippen molar-refractivity contribution in [2.45, 2.75) is 38.3 Å². The van der Waals surface area contributed by atoms with Crippen LogP contribution in [0.1, 0.15) is 31.7 Å². The van der Waals surface area contributed by atoms with Crippen LogP contribution in [0, 0.1) is 0 Å². The Bertz CT molecular complexity index is 311. The van der Waals surface area contributed by atoms with Crippen molar-refractivity contribution < 1.29 is 0 Å². The molecule has 2 rings (SSSR count). The summed E-state index contributed by atoms with van der Waals surface area (Å²) < 4.78 is 0. The van der Waals surface area contributed by atoms with E-state index in [9.17, 15) is 0 Å². The SMILES string of the molecule is CCN(Cc1ccccc1)C1(CN)CCC1. The molecule has 0 heterocycles. The Morgan fingerprint density at radius 1 is 1.25 bits per heavy atom. The van der Waals surface area contributed by atoms with Gasteiger partial charge in [-0.1, -0.05) is 37.3 Å². The smallest absolute Gasteiger partial charge is 0.0335 e. The fraction of sp³-hybridized carbons (Fsp3) is 0.571. The zero-order valence-corrected chi connectivity index (χ0v) is 10.2. The van der Waals surface area contributed by atoms with Crippen LogP contribution in [-0.2, 0) is 6.54 Å². The molecule has 1 aromatic rings. The average Bonchev–Trinajstić information content (AvgIpc) is 2.28. The van der Waals surface area contributed by atoms with Gasteiger partial charge in [0.25, 0.3) is 0 Å². The molecule has 0 aromatic heterocycles. The Morgan fingerprint density at radius 3 is 2.38 bits per heavy atom. The van der Waals surface area contributed by atoms with Crippen molar-refractivity contribution in [2.75, 3.05) is 13.1 Å². The summed E-state index contributed by atoms with van der Waals surface area (Å²) in [6.07, 6.45) is 3.87. The molecule has 2 N–H and O–H groups in total. The monoisotopic (exact) mass is 218 g/mol. The lowest BCUT2D eigenvalue weighted by Gasteiger charge is -2.49. The van der Waals surface area contributed by atoms with Crippen LogP contribution in [0.2, 0.25) is 0 Å². The van der Waals surface area contributed by atoms with E-state index in [1.807, 2.05) is 0 Å². The van der Waals surface area contributed by atoms with Gasteiger partial charge >= 0.3 is 0 Å². The van der Waals surface area contributed by atoms with Gasteiger partial charge in [0.15, 0.2) is 0 Å². The van der Waals surface area contributed by atoms with Crippen LogP contribution < -0.4 is 5.73 Å². The summed E-state index contributed by atoms with van der Waals surface area (Å²) in [6, 6.07) is 10.7. The van der Waals surface area contributed by atoms with Crippen molar-refractivity contribution in [1.29, 1.82) is 0 Å². The van der Waals surface area contributed by atoms with Crippen LogP contribution in [0.3, 0.4) is 0 Å². The maximum absolute atomic E-state index is 5.96. The average molecular weight is 218 g/mol. The van der Waals surface area contributed by atoms with E-state index in [4.69, 9.17) is 5.73 Å². The Kier molecular flexibility index (Phi) is 3.62. The molecule has 0 amide bonds. The normalized spacial score (nSPS) is 18.4. The third-order valence-electron chi connectivity index (χ3n) is 3.93. The molecule has 0 saturated heterocycles. The van der Waals surface area contributed by atoms with E-state index >= 15 is 0 Å². The molecule has 88 valence electrons. The molecule has 2 nitrogen and oxygen atoms in total. The quantitative estimate of drug-likeness (QED) is 0.822. The van der Waals surface area contributed by atoms with Crippen LogP contribution in [0.5, 0.6) is 0 Å². The van der Waals surface area contributed by atoms with Crippen molar-refractivity contribution >= 4 is 0 Å². The van der Waals surface area contributed by atoms with Gasteiger partial charge in [-0.15, -0.1) is 0 Å². The number of hydrogen-bond acceptors (Lipinski definition) is 2. The molecule has 0 unspecified atom stereocenters. The summed E-state index contributed by atoms with van der Waals surface area (Å²) in [7, 11) is 0. The molecule has 0 bridgehead atoms. The summed E-state index contributed by atoms with van der Waals surface area (Å²) in [5.74, 6) is 0. The van der Waals surface area contributed by atoms with Gasteiger partial charge in [0.1, 0.15) is 0 Å². The predicted molar refractivity (Wildman–Crippen MR) is 68.2 cm³/mol. The second kappa shape index (κ2) is 4.98. The Hall–Kier alpha value is -0.860. The lowest BCUT2D eigenvalue weighted by atomic mass is 9.75. The molecule has 1 aromatic carbocycles. The van der Waals surface area contributed by atoms with Gasteiger partial charge < -0.3 is 5.73 Å². The minimum absolute atomic E-state index is 0.296. The molecular weight excluding hydrogens is 196 g/mol. The summed E-state index contributed by atoms with van der Waals surface area (Å²) in [5, 5.41) is 0. The molecule has 1 aliphatic rings. The number of likely N-dealkylation sites (N-methyl/N-ethyl adjacent to an activating group) is 1. The standard InChI is InChI=1S/C14H22N2/c1-2-16(14(12-15)9-6-10-14)11-13-7-4-3-5-8-13/h3-5,7-8H,2,6,9-12,15H2,1H3. The number of hydrogen-bond donors (Lipinski definition) is 1. The Balaban J connectivity index is 2.06. The van der Waals surface area contributed by atoms with Crippen LogP contribution >= 0.6 is 0 Å². The minimum Gasteiger partial charge on any atom is -0.329 e. The number of nitrogens with zero attached hydrogens (tertiary/aromatic N) is 1. The summed E-state index contributed by atoms with van der Waals surface area (Å²) >= 11 is 0. The lowest BCUT2D eigenvalue weighted by molar-refractivity contribution is 0.0209. The number of benzene rings is 1. The highest BCUT2D eigenvalue weighted by Gasteiger charge is 2.40. The third-order valence-corrected chi connectivity index (χ3v) is 3.93. The molecule has 1 saturated carbocycles. The van der Waals surface area contributed by atoms with Gasteiger partial charge in [-0.05, 0) is 31.4 Å². The highest BCUT2D eigenvalue weighted by molar-refractivity contribution is 5.15. The van der Waals surface area contributed by atoms with Crippen molar-refractivity contribution in [3.05, 3.63) is 35.9 Å². The molecule has 0 aliphatic heterocycles. The van der Waals surface area contributed by atoms with E-state index in [1.165, 1.54) is 24.8 Å². The van der Waals surface area contributed by atoms with Crippen molar-refractivity contribution in [3.8, 4) is 0 Å². The van der Waals surface area contributed by atoms with Crippen LogP contribution in [0.15, 0.2) is 30.3 Å². The van der Waals surface area contributed by atoms with Crippen molar-refractivity contribution in [2.24, 2.45) is 5.73 Å². The second-order valence-electron chi connectivity index (χ2n) is 4.78.